The minimum Gasteiger partial charge on any atom is -0.497 e. The van der Waals surface area contributed by atoms with Crippen LogP contribution < -0.4 is 26.5 Å². The summed E-state index contributed by atoms with van der Waals surface area (Å²) in [7, 11) is 1.54. The third-order valence-electron chi connectivity index (χ3n) is 4.88. The van der Waals surface area contributed by atoms with Crippen LogP contribution in [0.2, 0.25) is 0 Å². The lowest BCUT2D eigenvalue weighted by molar-refractivity contribution is -0.133. The maximum Gasteiger partial charge on any atom is 0.264 e. The van der Waals surface area contributed by atoms with Crippen molar-refractivity contribution in [2.24, 2.45) is 4.99 Å². The molecule has 2 aliphatic rings. The molecule has 1 fully saturated rings. The van der Waals surface area contributed by atoms with Crippen molar-refractivity contribution >= 4 is 28.7 Å². The van der Waals surface area contributed by atoms with Crippen LogP contribution in [-0.4, -0.2) is 67.2 Å². The Bertz CT molecular complexity index is 1060. The van der Waals surface area contributed by atoms with Gasteiger partial charge in [-0.25, -0.2) is 10.4 Å². The Hall–Kier alpha value is -3.44. The molecule has 11 nitrogen and oxygen atoms in total. The van der Waals surface area contributed by atoms with Crippen molar-refractivity contribution in [3.8, 4) is 5.75 Å². The van der Waals surface area contributed by atoms with Crippen molar-refractivity contribution in [3.63, 3.8) is 0 Å². The van der Waals surface area contributed by atoms with Crippen LogP contribution in [-0.2, 0) is 9.53 Å². The number of hydrogen-bond donors (Lipinski definition) is 4. The van der Waals surface area contributed by atoms with E-state index in [1.165, 1.54) is 13.2 Å². The molecule has 1 aromatic heterocycles. The molecule has 11 heteroatoms. The van der Waals surface area contributed by atoms with Crippen molar-refractivity contribution in [2.75, 3.05) is 33.4 Å². The summed E-state index contributed by atoms with van der Waals surface area (Å²) >= 11 is 0. The smallest absolute Gasteiger partial charge is 0.264 e. The maximum atomic E-state index is 12.6. The number of guanidine groups is 1. The number of carbonyl (C=O) groups excluding carboxylic acids is 2. The summed E-state index contributed by atoms with van der Waals surface area (Å²) in [4.78, 5) is 46.1. The predicted molar refractivity (Wildman–Crippen MR) is 108 cm³/mol. The normalized spacial score (nSPS) is 19.0. The van der Waals surface area contributed by atoms with Crippen LogP contribution in [0.1, 0.15) is 16.8 Å². The van der Waals surface area contributed by atoms with E-state index in [0.29, 0.717) is 43.0 Å². The van der Waals surface area contributed by atoms with Gasteiger partial charge in [0.15, 0.2) is 6.17 Å². The number of aromatic amines is 1. The third kappa shape index (κ3) is 4.11. The molecule has 0 spiro atoms. The van der Waals surface area contributed by atoms with Crippen molar-refractivity contribution in [1.29, 1.82) is 0 Å². The fourth-order valence-electron chi connectivity index (χ4n) is 3.31. The van der Waals surface area contributed by atoms with E-state index in [4.69, 9.17) is 9.47 Å². The Morgan fingerprint density at radius 1 is 1.27 bits per heavy atom. The van der Waals surface area contributed by atoms with E-state index >= 15 is 0 Å². The van der Waals surface area contributed by atoms with E-state index in [0.717, 1.165) is 6.42 Å². The number of rotatable bonds is 3. The van der Waals surface area contributed by atoms with E-state index in [1.807, 2.05) is 0 Å². The number of ether oxygens (including phenoxy) is 2. The molecule has 4 rings (SSSR count). The van der Waals surface area contributed by atoms with Gasteiger partial charge in [0.2, 0.25) is 5.96 Å². The van der Waals surface area contributed by atoms with Gasteiger partial charge in [0, 0.05) is 30.6 Å². The maximum absolute atomic E-state index is 12.6. The first-order chi connectivity index (χ1) is 14.5. The monoisotopic (exact) mass is 414 g/mol. The number of hydrazine groups is 1. The van der Waals surface area contributed by atoms with Crippen molar-refractivity contribution in [3.05, 3.63) is 40.2 Å². The van der Waals surface area contributed by atoms with Gasteiger partial charge in [0.25, 0.3) is 17.4 Å². The summed E-state index contributed by atoms with van der Waals surface area (Å²) in [6, 6.07) is 6.62. The van der Waals surface area contributed by atoms with Crippen LogP contribution in [0.25, 0.3) is 10.9 Å². The van der Waals surface area contributed by atoms with E-state index in [-0.39, 0.29) is 17.4 Å². The molecule has 1 saturated heterocycles. The lowest BCUT2D eigenvalue weighted by Crippen LogP contribution is -2.49. The molecular formula is C19H22N6O5. The highest BCUT2D eigenvalue weighted by Gasteiger charge is 2.29. The van der Waals surface area contributed by atoms with Gasteiger partial charge in [-0.05, 0) is 30.7 Å². The summed E-state index contributed by atoms with van der Waals surface area (Å²) in [5.41, 5.74) is 5.38. The number of nitrogens with one attached hydrogen (secondary N) is 4. The van der Waals surface area contributed by atoms with Crippen LogP contribution in [0, 0.1) is 0 Å². The number of hydrogen-bond acceptors (Lipinski definition) is 8. The lowest BCUT2D eigenvalue weighted by atomic mass is 10.1. The van der Waals surface area contributed by atoms with Gasteiger partial charge in [-0.15, -0.1) is 0 Å². The van der Waals surface area contributed by atoms with E-state index in [1.54, 1.807) is 23.1 Å². The van der Waals surface area contributed by atoms with Gasteiger partial charge in [0.1, 0.15) is 11.3 Å². The van der Waals surface area contributed by atoms with Crippen LogP contribution in [0.15, 0.2) is 34.1 Å². The number of benzene rings is 1. The van der Waals surface area contributed by atoms with Crippen LogP contribution in [0.3, 0.4) is 0 Å². The Morgan fingerprint density at radius 2 is 2.13 bits per heavy atom. The average Bonchev–Trinajstić information content (AvgIpc) is 3.04. The third-order valence-corrected chi connectivity index (χ3v) is 4.88. The zero-order chi connectivity index (χ0) is 21.1. The molecule has 2 aliphatic heterocycles. The molecule has 0 aliphatic carbocycles. The molecule has 2 amide bonds. The molecule has 1 atom stereocenters. The standard InChI is InChI=1S/C19H22N6O5/c1-29-12-3-4-14-11(9-12)10-13(16(26)20-14)17(27)22-19-21-15(23-24-19)18(28)25-5-2-7-30-8-6-25/h3-4,9-10,15,23H,2,5-8H2,1H3,(H,20,26)(H2,21,22,24,27). The molecule has 0 bridgehead atoms. The average molecular weight is 414 g/mol. The minimum absolute atomic E-state index is 0.0644. The van der Waals surface area contributed by atoms with Crippen molar-refractivity contribution in [1.82, 2.24) is 26.1 Å². The molecule has 2 aromatic rings. The Morgan fingerprint density at radius 3 is 2.97 bits per heavy atom. The van der Waals surface area contributed by atoms with Gasteiger partial charge >= 0.3 is 0 Å². The SMILES string of the molecule is COc1ccc2[nH]c(=O)c(C(=O)NC3=NC(C(=O)N4CCCOCC4)NN3)cc2c1. The van der Waals surface area contributed by atoms with E-state index < -0.39 is 17.6 Å². The van der Waals surface area contributed by atoms with Crippen LogP contribution in [0.4, 0.5) is 0 Å². The number of H-pyrrole nitrogens is 1. The molecule has 30 heavy (non-hydrogen) atoms. The van der Waals surface area contributed by atoms with Gasteiger partial charge in [-0.3, -0.25) is 25.1 Å². The fraction of sp³-hybridized carbons (Fsp3) is 0.368. The molecule has 0 saturated carbocycles. The number of pyridine rings is 1. The minimum atomic E-state index is -0.863. The second-order valence-electron chi connectivity index (χ2n) is 6.86. The quantitative estimate of drug-likeness (QED) is 0.521. The molecule has 4 N–H and O–H groups in total. The number of methoxy groups -OCH3 is 1. The lowest BCUT2D eigenvalue weighted by Gasteiger charge is -2.21. The predicted octanol–water partition coefficient (Wildman–Crippen LogP) is -0.695. The number of fused-ring (bicyclic) bond motifs is 1. The van der Waals surface area contributed by atoms with Gasteiger partial charge in [-0.1, -0.05) is 0 Å². The molecule has 158 valence electrons. The number of carbonyl (C=O) groups is 2. The first-order valence-electron chi connectivity index (χ1n) is 9.53. The van der Waals surface area contributed by atoms with E-state index in [9.17, 15) is 14.4 Å². The molecule has 1 aromatic carbocycles. The largest absolute Gasteiger partial charge is 0.497 e. The van der Waals surface area contributed by atoms with Crippen LogP contribution >= 0.6 is 0 Å². The van der Waals surface area contributed by atoms with Crippen molar-refractivity contribution < 1.29 is 19.1 Å². The summed E-state index contributed by atoms with van der Waals surface area (Å²) < 4.78 is 10.5. The second-order valence-corrected chi connectivity index (χ2v) is 6.86. The fourth-order valence-corrected chi connectivity index (χ4v) is 3.31. The highest BCUT2D eigenvalue weighted by Crippen LogP contribution is 2.18. The van der Waals surface area contributed by atoms with E-state index in [2.05, 4.69) is 26.1 Å². The molecule has 1 unspecified atom stereocenters. The summed E-state index contributed by atoms with van der Waals surface area (Å²) in [5, 5.41) is 3.17. The second kappa shape index (κ2) is 8.51. The van der Waals surface area contributed by atoms with Gasteiger partial charge < -0.3 is 19.4 Å². The topological polar surface area (TPSA) is 137 Å². The summed E-state index contributed by atoms with van der Waals surface area (Å²) in [5.74, 6) is -0.194. The van der Waals surface area contributed by atoms with Gasteiger partial charge in [0.05, 0.1) is 13.7 Å². The number of amides is 2. The van der Waals surface area contributed by atoms with Crippen LogP contribution in [0.5, 0.6) is 5.75 Å². The number of nitrogens with zero attached hydrogens (tertiary/aromatic N) is 2. The first-order valence-corrected chi connectivity index (χ1v) is 9.53. The molecule has 3 heterocycles. The zero-order valence-corrected chi connectivity index (χ0v) is 16.4. The Balaban J connectivity index is 1.48. The number of aliphatic imine (C=N–C) groups is 1. The first kappa shape index (κ1) is 19.9. The number of aromatic nitrogens is 1. The molecular weight excluding hydrogens is 392 g/mol. The summed E-state index contributed by atoms with van der Waals surface area (Å²) in [6.07, 6.45) is -0.105. The van der Waals surface area contributed by atoms with Crippen molar-refractivity contribution in [2.45, 2.75) is 12.6 Å². The molecule has 0 radical (unpaired) electrons. The Labute approximate surface area is 171 Å². The van der Waals surface area contributed by atoms with Gasteiger partial charge in [-0.2, -0.15) is 0 Å². The highest BCUT2D eigenvalue weighted by molar-refractivity contribution is 6.07. The zero-order valence-electron chi connectivity index (χ0n) is 16.4. The Kier molecular flexibility index (Phi) is 5.63. The highest BCUT2D eigenvalue weighted by atomic mass is 16.5. The summed E-state index contributed by atoms with van der Waals surface area (Å²) in [6.45, 7) is 2.18.